The highest BCUT2D eigenvalue weighted by Gasteiger charge is 2.46. The lowest BCUT2D eigenvalue weighted by Gasteiger charge is -2.37. The molecule has 1 heterocycles. The van der Waals surface area contributed by atoms with Crippen LogP contribution in [0.5, 0.6) is 0 Å². The first-order valence-corrected chi connectivity index (χ1v) is 5.85. The molecule has 0 saturated heterocycles. The van der Waals surface area contributed by atoms with Gasteiger partial charge < -0.3 is 20.7 Å². The molecule has 0 aromatic carbocycles. The number of hydrogen-bond donors (Lipinski definition) is 3. The summed E-state index contributed by atoms with van der Waals surface area (Å²) in [5, 5.41) is 11.7. The maximum atomic E-state index is 11.9. The van der Waals surface area contributed by atoms with Crippen LogP contribution >= 0.6 is 0 Å². The first-order valence-electron chi connectivity index (χ1n) is 5.85. The maximum absolute atomic E-state index is 11.9. The highest BCUT2D eigenvalue weighted by Crippen LogP contribution is 2.32. The van der Waals surface area contributed by atoms with Gasteiger partial charge in [-0.2, -0.15) is 0 Å². The van der Waals surface area contributed by atoms with Crippen LogP contribution in [0.15, 0.2) is 12.5 Å². The second-order valence-corrected chi connectivity index (χ2v) is 4.48. The van der Waals surface area contributed by atoms with Crippen molar-refractivity contribution < 1.29 is 14.7 Å². The number of nitrogens with two attached hydrogens (primary N) is 1. The number of aromatic nitrogens is 2. The van der Waals surface area contributed by atoms with Crippen molar-refractivity contribution in [3.05, 3.63) is 18.2 Å². The smallest absolute Gasteiger partial charge is 0.329 e. The molecule has 0 spiro atoms. The number of hydrogen-bond acceptors (Lipinski definition) is 4. The predicted molar refractivity (Wildman–Crippen MR) is 63.0 cm³/mol. The summed E-state index contributed by atoms with van der Waals surface area (Å²) < 4.78 is 1.70. The molecule has 1 amide bonds. The molecule has 1 aromatic heterocycles. The van der Waals surface area contributed by atoms with Crippen molar-refractivity contribution in [2.45, 2.75) is 31.3 Å². The van der Waals surface area contributed by atoms with Crippen LogP contribution in [0.2, 0.25) is 0 Å². The van der Waals surface area contributed by atoms with Gasteiger partial charge >= 0.3 is 5.97 Å². The Morgan fingerprint density at radius 1 is 1.56 bits per heavy atom. The molecule has 0 bridgehead atoms. The second kappa shape index (κ2) is 4.77. The summed E-state index contributed by atoms with van der Waals surface area (Å²) in [7, 11) is 0. The average Bonchev–Trinajstić information content (AvgIpc) is 2.71. The van der Waals surface area contributed by atoms with Crippen molar-refractivity contribution in [1.29, 1.82) is 0 Å². The summed E-state index contributed by atoms with van der Waals surface area (Å²) in [6, 6.07) is 0. The first-order chi connectivity index (χ1) is 8.57. The van der Waals surface area contributed by atoms with Crippen molar-refractivity contribution >= 4 is 11.9 Å². The number of nitrogens with one attached hydrogen (secondary N) is 1. The van der Waals surface area contributed by atoms with Gasteiger partial charge in [0.1, 0.15) is 11.2 Å². The molecule has 18 heavy (non-hydrogen) atoms. The van der Waals surface area contributed by atoms with E-state index in [9.17, 15) is 9.59 Å². The quantitative estimate of drug-likeness (QED) is 0.659. The molecule has 0 atom stereocenters. The number of rotatable bonds is 5. The molecule has 1 aliphatic rings. The summed E-state index contributed by atoms with van der Waals surface area (Å²) in [4.78, 5) is 27.0. The van der Waals surface area contributed by atoms with Crippen molar-refractivity contribution in [3.63, 3.8) is 0 Å². The van der Waals surface area contributed by atoms with Gasteiger partial charge in [-0.15, -0.1) is 0 Å². The van der Waals surface area contributed by atoms with Crippen LogP contribution < -0.4 is 11.1 Å². The number of carboxylic acids is 1. The lowest BCUT2D eigenvalue weighted by atomic mass is 9.76. The van der Waals surface area contributed by atoms with Crippen molar-refractivity contribution in [1.82, 2.24) is 14.9 Å². The topological polar surface area (TPSA) is 110 Å². The molecular formula is C11H16N4O3. The lowest BCUT2D eigenvalue weighted by molar-refractivity contribution is -0.148. The Morgan fingerprint density at radius 3 is 2.78 bits per heavy atom. The van der Waals surface area contributed by atoms with Gasteiger partial charge in [0, 0.05) is 19.3 Å². The zero-order valence-electron chi connectivity index (χ0n) is 9.93. The third-order valence-corrected chi connectivity index (χ3v) is 3.22. The van der Waals surface area contributed by atoms with Gasteiger partial charge in [-0.1, -0.05) is 0 Å². The molecule has 0 aliphatic heterocycles. The number of imidazole rings is 1. The van der Waals surface area contributed by atoms with E-state index < -0.39 is 17.4 Å². The Labute approximate surface area is 104 Å². The van der Waals surface area contributed by atoms with E-state index >= 15 is 0 Å². The summed E-state index contributed by atoms with van der Waals surface area (Å²) in [6.07, 6.45) is 4.83. The number of carbonyl (C=O) groups is 2. The van der Waals surface area contributed by atoms with Crippen LogP contribution in [-0.2, 0) is 11.3 Å². The predicted octanol–water partition coefficient (Wildman–Crippen LogP) is -0.421. The normalized spacial score (nSPS) is 16.9. The third-order valence-electron chi connectivity index (χ3n) is 3.22. The monoisotopic (exact) mass is 252 g/mol. The fourth-order valence-corrected chi connectivity index (χ4v) is 1.95. The van der Waals surface area contributed by atoms with Gasteiger partial charge in [0.15, 0.2) is 0 Å². The molecule has 0 radical (unpaired) electrons. The summed E-state index contributed by atoms with van der Waals surface area (Å²) >= 11 is 0. The molecule has 1 aliphatic carbocycles. The molecule has 4 N–H and O–H groups in total. The van der Waals surface area contributed by atoms with E-state index in [1.165, 1.54) is 6.33 Å². The number of carboxylic acid groups (broad SMARTS) is 1. The molecule has 7 heteroatoms. The summed E-state index contributed by atoms with van der Waals surface area (Å²) in [5.41, 5.74) is 4.51. The summed E-state index contributed by atoms with van der Waals surface area (Å²) in [5.74, 6) is -1.43. The van der Waals surface area contributed by atoms with E-state index in [0.717, 1.165) is 6.42 Å². The first kappa shape index (κ1) is 12.6. The Morgan fingerprint density at radius 2 is 2.28 bits per heavy atom. The molecule has 1 fully saturated rings. The van der Waals surface area contributed by atoms with E-state index in [1.54, 1.807) is 10.8 Å². The third kappa shape index (κ3) is 2.21. The van der Waals surface area contributed by atoms with Crippen LogP contribution in [0.1, 0.15) is 29.8 Å². The van der Waals surface area contributed by atoms with Gasteiger partial charge in [0.2, 0.25) is 0 Å². The SMILES string of the molecule is NCCn1cnc(C(=O)NC2(C(=O)O)CCC2)c1. The number of aliphatic carboxylic acids is 1. The molecule has 1 saturated carbocycles. The fourth-order valence-electron chi connectivity index (χ4n) is 1.95. The van der Waals surface area contributed by atoms with E-state index in [2.05, 4.69) is 10.3 Å². The van der Waals surface area contributed by atoms with Crippen LogP contribution in [0.3, 0.4) is 0 Å². The highest BCUT2D eigenvalue weighted by molar-refractivity contribution is 5.96. The molecule has 98 valence electrons. The van der Waals surface area contributed by atoms with Crippen LogP contribution in [-0.4, -0.2) is 38.6 Å². The minimum absolute atomic E-state index is 0.218. The molecule has 2 rings (SSSR count). The van der Waals surface area contributed by atoms with Crippen molar-refractivity contribution in [2.24, 2.45) is 5.73 Å². The van der Waals surface area contributed by atoms with Crippen LogP contribution in [0.25, 0.3) is 0 Å². The van der Waals surface area contributed by atoms with Crippen LogP contribution in [0, 0.1) is 0 Å². The van der Waals surface area contributed by atoms with E-state index in [-0.39, 0.29) is 5.69 Å². The van der Waals surface area contributed by atoms with E-state index in [4.69, 9.17) is 10.8 Å². The number of nitrogens with zero attached hydrogens (tertiary/aromatic N) is 2. The average molecular weight is 252 g/mol. The van der Waals surface area contributed by atoms with Gasteiger partial charge in [0.05, 0.1) is 6.33 Å². The minimum atomic E-state index is -1.10. The van der Waals surface area contributed by atoms with Gasteiger partial charge in [0.25, 0.3) is 5.91 Å². The number of carbonyl (C=O) groups excluding carboxylic acids is 1. The molecule has 7 nitrogen and oxygen atoms in total. The van der Waals surface area contributed by atoms with Gasteiger partial charge in [-0.25, -0.2) is 9.78 Å². The van der Waals surface area contributed by atoms with Crippen molar-refractivity contribution in [2.75, 3.05) is 6.54 Å². The standard InChI is InChI=1S/C11H16N4O3/c12-4-5-15-6-8(13-7-15)9(16)14-11(10(17)18)2-1-3-11/h6-7H,1-5,12H2,(H,14,16)(H,17,18). The molecule has 1 aromatic rings. The fraction of sp³-hybridized carbons (Fsp3) is 0.545. The van der Waals surface area contributed by atoms with Crippen molar-refractivity contribution in [3.8, 4) is 0 Å². The zero-order valence-corrected chi connectivity index (χ0v) is 9.93. The van der Waals surface area contributed by atoms with Gasteiger partial charge in [-0.05, 0) is 19.3 Å². The Kier molecular flexibility index (Phi) is 3.33. The lowest BCUT2D eigenvalue weighted by Crippen LogP contribution is -2.59. The minimum Gasteiger partial charge on any atom is -0.480 e. The van der Waals surface area contributed by atoms with E-state index in [0.29, 0.717) is 25.9 Å². The highest BCUT2D eigenvalue weighted by atomic mass is 16.4. The largest absolute Gasteiger partial charge is 0.480 e. The summed E-state index contributed by atoms with van der Waals surface area (Å²) in [6.45, 7) is 1.03. The number of amides is 1. The van der Waals surface area contributed by atoms with Crippen LogP contribution in [0.4, 0.5) is 0 Å². The zero-order chi connectivity index (χ0) is 13.2. The second-order valence-electron chi connectivity index (χ2n) is 4.48. The Hall–Kier alpha value is -1.89. The maximum Gasteiger partial charge on any atom is 0.329 e. The van der Waals surface area contributed by atoms with E-state index in [1.807, 2.05) is 0 Å². The Bertz CT molecular complexity index is 465. The Balaban J connectivity index is 2.04. The molecule has 0 unspecified atom stereocenters. The van der Waals surface area contributed by atoms with Gasteiger partial charge in [-0.3, -0.25) is 4.79 Å². The molecular weight excluding hydrogens is 236 g/mol.